The number of anilines is 1. The summed E-state index contributed by atoms with van der Waals surface area (Å²) in [6.45, 7) is 8.15. The van der Waals surface area contributed by atoms with E-state index in [0.717, 1.165) is 35.8 Å². The molecular weight excluding hydrogens is 510 g/mol. The first-order valence-electron chi connectivity index (χ1n) is 13.6. The molecule has 0 spiro atoms. The van der Waals surface area contributed by atoms with E-state index in [1.807, 2.05) is 73.1 Å². The van der Waals surface area contributed by atoms with Crippen molar-refractivity contribution >= 4 is 17.8 Å². The zero-order chi connectivity index (χ0) is 28.5. The molecule has 40 heavy (non-hydrogen) atoms. The number of imidazole rings is 1. The van der Waals surface area contributed by atoms with E-state index in [9.17, 15) is 9.59 Å². The van der Waals surface area contributed by atoms with E-state index in [-0.39, 0.29) is 24.3 Å². The predicted octanol–water partition coefficient (Wildman–Crippen LogP) is 3.70. The second-order valence-electron chi connectivity index (χ2n) is 10.2. The van der Waals surface area contributed by atoms with E-state index in [0.29, 0.717) is 44.4 Å². The molecule has 10 nitrogen and oxygen atoms in total. The van der Waals surface area contributed by atoms with Crippen molar-refractivity contribution in [1.82, 2.24) is 19.4 Å². The third-order valence-corrected chi connectivity index (χ3v) is 6.75. The molecule has 1 fully saturated rings. The van der Waals surface area contributed by atoms with Crippen LogP contribution in [0.25, 0.3) is 16.9 Å². The number of rotatable bonds is 12. The van der Waals surface area contributed by atoms with Crippen LogP contribution in [0.4, 0.5) is 5.95 Å². The minimum atomic E-state index is -0.305. The van der Waals surface area contributed by atoms with Gasteiger partial charge in [-0.3, -0.25) is 24.4 Å². The Bertz CT molecular complexity index is 1250. The van der Waals surface area contributed by atoms with Crippen LogP contribution in [0.1, 0.15) is 20.3 Å². The Labute approximate surface area is 235 Å². The molecule has 0 bridgehead atoms. The number of amides is 2. The first-order valence-corrected chi connectivity index (χ1v) is 13.6. The SMILES string of the molecule is COc1ccc(-c2cn(-c3ccc(OC)cc3)c(NC(=O)CN(CCN3CCOCC3)C(=O)CC(C)C)n2)cc1. The van der Waals surface area contributed by atoms with E-state index in [1.54, 1.807) is 19.1 Å². The molecule has 0 aliphatic carbocycles. The monoisotopic (exact) mass is 549 g/mol. The Morgan fingerprint density at radius 2 is 1.62 bits per heavy atom. The number of nitrogens with one attached hydrogen (secondary N) is 1. The smallest absolute Gasteiger partial charge is 0.246 e. The molecule has 1 aliphatic rings. The van der Waals surface area contributed by atoms with Gasteiger partial charge in [0.1, 0.15) is 11.5 Å². The molecule has 2 aromatic carbocycles. The maximum atomic E-state index is 13.3. The van der Waals surface area contributed by atoms with Crippen LogP contribution in [0.15, 0.2) is 54.7 Å². The molecule has 1 N–H and O–H groups in total. The van der Waals surface area contributed by atoms with E-state index in [2.05, 4.69) is 10.2 Å². The van der Waals surface area contributed by atoms with Gasteiger partial charge in [0.05, 0.1) is 39.7 Å². The molecular formula is C30H39N5O5. The average molecular weight is 550 g/mol. The van der Waals surface area contributed by atoms with Crippen molar-refractivity contribution in [1.29, 1.82) is 0 Å². The highest BCUT2D eigenvalue weighted by Gasteiger charge is 2.22. The molecule has 4 rings (SSSR count). The lowest BCUT2D eigenvalue weighted by molar-refractivity contribution is -0.135. The molecule has 1 saturated heterocycles. The van der Waals surface area contributed by atoms with Crippen LogP contribution in [-0.2, 0) is 14.3 Å². The molecule has 0 radical (unpaired) electrons. The Kier molecular flexibility index (Phi) is 10.2. The van der Waals surface area contributed by atoms with Gasteiger partial charge in [0, 0.05) is 50.0 Å². The number of morpholine rings is 1. The van der Waals surface area contributed by atoms with E-state index < -0.39 is 0 Å². The van der Waals surface area contributed by atoms with Crippen molar-refractivity contribution in [2.24, 2.45) is 5.92 Å². The van der Waals surface area contributed by atoms with Crippen LogP contribution in [0, 0.1) is 5.92 Å². The fourth-order valence-corrected chi connectivity index (χ4v) is 4.50. The van der Waals surface area contributed by atoms with Gasteiger partial charge in [-0.15, -0.1) is 0 Å². The molecule has 10 heteroatoms. The van der Waals surface area contributed by atoms with Crippen molar-refractivity contribution in [3.05, 3.63) is 54.7 Å². The van der Waals surface area contributed by atoms with E-state index in [4.69, 9.17) is 19.2 Å². The number of carbonyl (C=O) groups is 2. The number of hydrogen-bond acceptors (Lipinski definition) is 7. The maximum absolute atomic E-state index is 13.3. The minimum Gasteiger partial charge on any atom is -0.497 e. The third-order valence-electron chi connectivity index (χ3n) is 6.75. The normalized spacial score (nSPS) is 13.7. The molecule has 2 heterocycles. The number of aromatic nitrogens is 2. The highest BCUT2D eigenvalue weighted by Crippen LogP contribution is 2.27. The van der Waals surface area contributed by atoms with Gasteiger partial charge in [0.2, 0.25) is 17.8 Å². The predicted molar refractivity (Wildman–Crippen MR) is 154 cm³/mol. The van der Waals surface area contributed by atoms with Crippen LogP contribution in [0.5, 0.6) is 11.5 Å². The summed E-state index contributed by atoms with van der Waals surface area (Å²) in [5.74, 6) is 1.70. The molecule has 2 amide bonds. The van der Waals surface area contributed by atoms with Gasteiger partial charge in [-0.2, -0.15) is 0 Å². The van der Waals surface area contributed by atoms with Crippen LogP contribution >= 0.6 is 0 Å². The quantitative estimate of drug-likeness (QED) is 0.368. The number of carbonyl (C=O) groups excluding carboxylic acids is 2. The van der Waals surface area contributed by atoms with Crippen LogP contribution < -0.4 is 14.8 Å². The number of methoxy groups -OCH3 is 2. The summed E-state index contributed by atoms with van der Waals surface area (Å²) in [4.78, 5) is 35.1. The summed E-state index contributed by atoms with van der Waals surface area (Å²) in [7, 11) is 3.24. The van der Waals surface area contributed by atoms with Gasteiger partial charge >= 0.3 is 0 Å². The zero-order valence-corrected chi connectivity index (χ0v) is 23.8. The molecule has 1 aromatic heterocycles. The van der Waals surface area contributed by atoms with E-state index in [1.165, 1.54) is 0 Å². The topological polar surface area (TPSA) is 98.2 Å². The lowest BCUT2D eigenvalue weighted by atomic mass is 10.1. The van der Waals surface area contributed by atoms with Crippen molar-refractivity contribution < 1.29 is 23.8 Å². The summed E-state index contributed by atoms with van der Waals surface area (Å²) in [6.07, 6.45) is 2.26. The Morgan fingerprint density at radius 1 is 1.00 bits per heavy atom. The number of hydrogen-bond donors (Lipinski definition) is 1. The van der Waals surface area contributed by atoms with Crippen molar-refractivity contribution in [2.45, 2.75) is 20.3 Å². The summed E-state index contributed by atoms with van der Waals surface area (Å²) in [5.41, 5.74) is 2.38. The zero-order valence-electron chi connectivity index (χ0n) is 23.8. The minimum absolute atomic E-state index is 0.0316. The fraction of sp³-hybridized carbons (Fsp3) is 0.433. The molecule has 214 valence electrons. The average Bonchev–Trinajstić information content (AvgIpc) is 3.38. The first kappa shape index (κ1) is 29.1. The Morgan fingerprint density at radius 3 is 2.23 bits per heavy atom. The summed E-state index contributed by atoms with van der Waals surface area (Å²) in [6, 6.07) is 15.1. The second kappa shape index (κ2) is 14.0. The fourth-order valence-electron chi connectivity index (χ4n) is 4.50. The highest BCUT2D eigenvalue weighted by molar-refractivity contribution is 5.94. The van der Waals surface area contributed by atoms with Crippen LogP contribution in [-0.4, -0.2) is 91.3 Å². The van der Waals surface area contributed by atoms with Gasteiger partial charge in [-0.1, -0.05) is 13.8 Å². The number of ether oxygens (including phenoxy) is 3. The van der Waals surface area contributed by atoms with Crippen LogP contribution in [0.3, 0.4) is 0 Å². The van der Waals surface area contributed by atoms with E-state index >= 15 is 0 Å². The number of benzene rings is 2. The maximum Gasteiger partial charge on any atom is 0.246 e. The van der Waals surface area contributed by atoms with Gasteiger partial charge in [-0.05, 0) is 54.4 Å². The van der Waals surface area contributed by atoms with Crippen molar-refractivity contribution in [2.75, 3.05) is 65.5 Å². The lowest BCUT2D eigenvalue weighted by Crippen LogP contribution is -2.45. The van der Waals surface area contributed by atoms with Gasteiger partial charge < -0.3 is 19.1 Å². The summed E-state index contributed by atoms with van der Waals surface area (Å²) >= 11 is 0. The van der Waals surface area contributed by atoms with Crippen LogP contribution in [0.2, 0.25) is 0 Å². The lowest BCUT2D eigenvalue weighted by Gasteiger charge is -2.30. The third kappa shape index (κ3) is 7.83. The van der Waals surface area contributed by atoms with Crippen molar-refractivity contribution in [3.8, 4) is 28.4 Å². The summed E-state index contributed by atoms with van der Waals surface area (Å²) in [5, 5.41) is 2.96. The molecule has 0 saturated carbocycles. The second-order valence-corrected chi connectivity index (χ2v) is 10.2. The Balaban J connectivity index is 1.55. The van der Waals surface area contributed by atoms with Gasteiger partial charge in [0.25, 0.3) is 0 Å². The van der Waals surface area contributed by atoms with Gasteiger partial charge in [-0.25, -0.2) is 4.98 Å². The first-order chi connectivity index (χ1) is 19.4. The highest BCUT2D eigenvalue weighted by atomic mass is 16.5. The molecule has 3 aromatic rings. The van der Waals surface area contributed by atoms with Gasteiger partial charge in [0.15, 0.2) is 0 Å². The molecule has 0 atom stereocenters. The largest absolute Gasteiger partial charge is 0.497 e. The molecule has 0 unspecified atom stereocenters. The Hall–Kier alpha value is -3.89. The van der Waals surface area contributed by atoms with Crippen molar-refractivity contribution in [3.63, 3.8) is 0 Å². The standard InChI is InChI=1S/C30H39N5O5/c1-22(2)19-29(37)34(14-13-33-15-17-40-18-16-33)21-28(36)32-30-31-27(23-5-9-25(38-3)10-6-23)20-35(30)24-7-11-26(39-4)12-8-24/h5-12,20,22H,13-19,21H2,1-4H3,(H,31,32,36). The summed E-state index contributed by atoms with van der Waals surface area (Å²) < 4.78 is 17.8. The number of nitrogens with zero attached hydrogens (tertiary/aromatic N) is 4. The molecule has 1 aliphatic heterocycles.